The molecule has 0 aliphatic carbocycles. The summed E-state index contributed by atoms with van der Waals surface area (Å²) in [5.74, 6) is -3.69. The van der Waals surface area contributed by atoms with Crippen molar-refractivity contribution < 1.29 is 13.2 Å². The normalized spacial score (nSPS) is 17.4. The number of nitrogens with zero attached hydrogens (tertiary/aromatic N) is 1. The van der Waals surface area contributed by atoms with Crippen LogP contribution in [0.15, 0.2) is 24.8 Å². The van der Waals surface area contributed by atoms with Crippen LogP contribution in [0.3, 0.4) is 0 Å². The lowest BCUT2D eigenvalue weighted by atomic mass is 10.0. The van der Waals surface area contributed by atoms with E-state index in [1.807, 2.05) is 0 Å². The molecule has 2 rings (SSSR count). The van der Waals surface area contributed by atoms with Crippen LogP contribution in [0.5, 0.6) is 0 Å². The SMILES string of the molecule is C=CC[C@@H](c1cc(F)c(F)c(F)c1)N1CCNCC1.Cl. The molecule has 20 heavy (non-hydrogen) atoms. The average molecular weight is 307 g/mol. The van der Waals surface area contributed by atoms with E-state index in [0.717, 1.165) is 38.3 Å². The predicted octanol–water partition coefficient (Wildman–Crippen LogP) is 3.05. The van der Waals surface area contributed by atoms with Crippen LogP contribution in [0, 0.1) is 17.5 Å². The van der Waals surface area contributed by atoms with Gasteiger partial charge in [-0.05, 0) is 24.1 Å². The number of hydrogen-bond donors (Lipinski definition) is 1. The van der Waals surface area contributed by atoms with E-state index in [1.165, 1.54) is 0 Å². The Bertz CT molecular complexity index is 439. The van der Waals surface area contributed by atoms with E-state index in [1.54, 1.807) is 6.08 Å². The minimum Gasteiger partial charge on any atom is -0.314 e. The topological polar surface area (TPSA) is 15.3 Å². The smallest absolute Gasteiger partial charge is 0.194 e. The van der Waals surface area contributed by atoms with Gasteiger partial charge in [0.1, 0.15) is 0 Å². The fourth-order valence-corrected chi connectivity index (χ4v) is 2.42. The van der Waals surface area contributed by atoms with Crippen molar-refractivity contribution in [3.63, 3.8) is 0 Å². The highest BCUT2D eigenvalue weighted by molar-refractivity contribution is 5.85. The van der Waals surface area contributed by atoms with Crippen molar-refractivity contribution in [2.45, 2.75) is 12.5 Å². The summed E-state index contributed by atoms with van der Waals surface area (Å²) < 4.78 is 39.7. The molecule has 1 aromatic rings. The molecule has 1 aromatic carbocycles. The van der Waals surface area contributed by atoms with Gasteiger partial charge in [-0.25, -0.2) is 13.2 Å². The molecular formula is C14H18ClF3N2. The van der Waals surface area contributed by atoms with Crippen molar-refractivity contribution in [1.29, 1.82) is 0 Å². The molecule has 1 N–H and O–H groups in total. The second-order valence-corrected chi connectivity index (χ2v) is 4.62. The number of piperazine rings is 1. The Morgan fingerprint density at radius 3 is 2.25 bits per heavy atom. The molecule has 112 valence electrons. The van der Waals surface area contributed by atoms with E-state index in [4.69, 9.17) is 0 Å². The van der Waals surface area contributed by atoms with Gasteiger partial charge in [-0.1, -0.05) is 6.08 Å². The number of rotatable bonds is 4. The molecule has 0 unspecified atom stereocenters. The number of nitrogens with one attached hydrogen (secondary N) is 1. The standard InChI is InChI=1S/C14H17F3N2.ClH/c1-2-3-13(19-6-4-18-5-7-19)10-8-11(15)14(17)12(16)9-10;/h2,8-9,13,18H,1,3-7H2;1H/t13-;/m0./s1. The second kappa shape index (κ2) is 7.67. The van der Waals surface area contributed by atoms with Gasteiger partial charge in [-0.2, -0.15) is 0 Å². The van der Waals surface area contributed by atoms with E-state index >= 15 is 0 Å². The lowest BCUT2D eigenvalue weighted by molar-refractivity contribution is 0.173. The van der Waals surface area contributed by atoms with Crippen molar-refractivity contribution in [1.82, 2.24) is 10.2 Å². The Morgan fingerprint density at radius 1 is 1.20 bits per heavy atom. The largest absolute Gasteiger partial charge is 0.314 e. The molecule has 1 aliphatic heterocycles. The van der Waals surface area contributed by atoms with Crippen molar-refractivity contribution in [2.75, 3.05) is 26.2 Å². The molecule has 1 fully saturated rings. The quantitative estimate of drug-likeness (QED) is 0.679. The van der Waals surface area contributed by atoms with Crippen LogP contribution >= 0.6 is 12.4 Å². The first kappa shape index (κ1) is 17.0. The Kier molecular flexibility index (Phi) is 6.52. The lowest BCUT2D eigenvalue weighted by Gasteiger charge is -2.34. The van der Waals surface area contributed by atoms with E-state index in [-0.39, 0.29) is 18.4 Å². The molecule has 0 radical (unpaired) electrons. The van der Waals surface area contributed by atoms with Crippen molar-refractivity contribution >= 4 is 12.4 Å². The summed E-state index contributed by atoms with van der Waals surface area (Å²) in [5.41, 5.74) is 0.457. The van der Waals surface area contributed by atoms with Gasteiger partial charge in [-0.15, -0.1) is 19.0 Å². The maximum absolute atomic E-state index is 13.3. The Labute approximate surface area is 123 Å². The molecule has 1 saturated heterocycles. The third kappa shape index (κ3) is 3.75. The summed E-state index contributed by atoms with van der Waals surface area (Å²) in [6, 6.07) is 1.99. The average Bonchev–Trinajstić information content (AvgIpc) is 2.42. The molecule has 1 atom stereocenters. The molecule has 1 heterocycles. The van der Waals surface area contributed by atoms with E-state index in [2.05, 4.69) is 16.8 Å². The van der Waals surface area contributed by atoms with Crippen molar-refractivity contribution in [2.24, 2.45) is 0 Å². The zero-order valence-corrected chi connectivity index (χ0v) is 11.9. The van der Waals surface area contributed by atoms with Crippen LogP contribution in [0.2, 0.25) is 0 Å². The van der Waals surface area contributed by atoms with Gasteiger partial charge >= 0.3 is 0 Å². The first-order chi connectivity index (χ1) is 9.13. The van der Waals surface area contributed by atoms with Gasteiger partial charge in [-0.3, -0.25) is 4.90 Å². The molecule has 0 bridgehead atoms. The Balaban J connectivity index is 0.00000200. The maximum Gasteiger partial charge on any atom is 0.194 e. The maximum atomic E-state index is 13.3. The lowest BCUT2D eigenvalue weighted by Crippen LogP contribution is -2.45. The fraction of sp³-hybridized carbons (Fsp3) is 0.429. The Morgan fingerprint density at radius 2 is 1.75 bits per heavy atom. The van der Waals surface area contributed by atoms with Crippen LogP contribution in [-0.4, -0.2) is 31.1 Å². The molecule has 0 saturated carbocycles. The second-order valence-electron chi connectivity index (χ2n) is 4.62. The van der Waals surface area contributed by atoms with Gasteiger partial charge in [0, 0.05) is 32.2 Å². The zero-order chi connectivity index (χ0) is 13.8. The molecule has 2 nitrogen and oxygen atoms in total. The number of benzene rings is 1. The van der Waals surface area contributed by atoms with E-state index in [9.17, 15) is 13.2 Å². The molecular weight excluding hydrogens is 289 g/mol. The van der Waals surface area contributed by atoms with E-state index < -0.39 is 17.5 Å². The summed E-state index contributed by atoms with van der Waals surface area (Å²) >= 11 is 0. The summed E-state index contributed by atoms with van der Waals surface area (Å²) in [6.45, 7) is 6.93. The van der Waals surface area contributed by atoms with Crippen LogP contribution in [-0.2, 0) is 0 Å². The van der Waals surface area contributed by atoms with Gasteiger partial charge in [0.2, 0.25) is 0 Å². The molecule has 0 amide bonds. The molecule has 6 heteroatoms. The third-order valence-electron chi connectivity index (χ3n) is 3.37. The first-order valence-electron chi connectivity index (χ1n) is 6.33. The summed E-state index contributed by atoms with van der Waals surface area (Å²) in [6.07, 6.45) is 2.29. The molecule has 0 aromatic heterocycles. The van der Waals surface area contributed by atoms with Gasteiger partial charge in [0.15, 0.2) is 17.5 Å². The van der Waals surface area contributed by atoms with Crippen LogP contribution in [0.1, 0.15) is 18.0 Å². The van der Waals surface area contributed by atoms with Gasteiger partial charge < -0.3 is 5.32 Å². The molecule has 0 spiro atoms. The fourth-order valence-electron chi connectivity index (χ4n) is 2.42. The third-order valence-corrected chi connectivity index (χ3v) is 3.37. The zero-order valence-electron chi connectivity index (χ0n) is 11.0. The summed E-state index contributed by atoms with van der Waals surface area (Å²) in [5, 5.41) is 3.22. The van der Waals surface area contributed by atoms with Crippen molar-refractivity contribution in [3.05, 3.63) is 47.8 Å². The van der Waals surface area contributed by atoms with Crippen LogP contribution < -0.4 is 5.32 Å². The number of hydrogen-bond acceptors (Lipinski definition) is 2. The van der Waals surface area contributed by atoms with Crippen molar-refractivity contribution in [3.8, 4) is 0 Å². The van der Waals surface area contributed by atoms with Gasteiger partial charge in [0.05, 0.1) is 0 Å². The van der Waals surface area contributed by atoms with Crippen LogP contribution in [0.4, 0.5) is 13.2 Å². The Hall–Kier alpha value is -1.04. The highest BCUT2D eigenvalue weighted by atomic mass is 35.5. The predicted molar refractivity (Wildman–Crippen MR) is 75.6 cm³/mol. The monoisotopic (exact) mass is 306 g/mol. The highest BCUT2D eigenvalue weighted by Gasteiger charge is 2.23. The summed E-state index contributed by atoms with van der Waals surface area (Å²) in [7, 11) is 0. The highest BCUT2D eigenvalue weighted by Crippen LogP contribution is 2.27. The summed E-state index contributed by atoms with van der Waals surface area (Å²) in [4.78, 5) is 2.13. The van der Waals surface area contributed by atoms with Gasteiger partial charge in [0.25, 0.3) is 0 Å². The van der Waals surface area contributed by atoms with Crippen LogP contribution in [0.25, 0.3) is 0 Å². The molecule has 1 aliphatic rings. The number of halogens is 4. The minimum atomic E-state index is -1.42. The first-order valence-corrected chi connectivity index (χ1v) is 6.33. The minimum absolute atomic E-state index is 0. The van der Waals surface area contributed by atoms with E-state index in [0.29, 0.717) is 12.0 Å².